The number of nitrogens with one attached hydrogen (secondary N) is 1. The van der Waals surface area contributed by atoms with Gasteiger partial charge in [0.1, 0.15) is 10.8 Å². The van der Waals surface area contributed by atoms with Crippen LogP contribution in [-0.4, -0.2) is 36.4 Å². The molecule has 3 rings (SSSR count). The minimum absolute atomic E-state index is 0.437. The summed E-state index contributed by atoms with van der Waals surface area (Å²) in [6.07, 6.45) is 4.18. The number of nitrogens with zero attached hydrogens (tertiary/aromatic N) is 6. The van der Waals surface area contributed by atoms with E-state index < -0.39 is 0 Å². The largest absolute Gasteiger partial charge is 0.308 e. The van der Waals surface area contributed by atoms with E-state index in [9.17, 15) is 0 Å². The zero-order valence-corrected chi connectivity index (χ0v) is 11.8. The second-order valence-electron chi connectivity index (χ2n) is 3.96. The summed E-state index contributed by atoms with van der Waals surface area (Å²) < 4.78 is 1.85. The van der Waals surface area contributed by atoms with Crippen LogP contribution in [0.5, 0.6) is 0 Å². The Labute approximate surface area is 117 Å². The van der Waals surface area contributed by atoms with Crippen LogP contribution in [0.3, 0.4) is 0 Å². The summed E-state index contributed by atoms with van der Waals surface area (Å²) in [5.41, 5.74) is 2.54. The first-order valence-corrected chi connectivity index (χ1v) is 7.69. The van der Waals surface area contributed by atoms with Gasteiger partial charge < -0.3 is 5.43 Å². The summed E-state index contributed by atoms with van der Waals surface area (Å²) in [5, 5.41) is 13.9. The molecule has 1 aliphatic rings. The second-order valence-corrected chi connectivity index (χ2v) is 5.72. The van der Waals surface area contributed by atoms with Crippen LogP contribution in [0.1, 0.15) is 18.9 Å². The van der Waals surface area contributed by atoms with Crippen molar-refractivity contribution in [3.8, 4) is 0 Å². The van der Waals surface area contributed by atoms with Gasteiger partial charge in [0.25, 0.3) is 0 Å². The molecule has 0 saturated heterocycles. The highest BCUT2D eigenvalue weighted by Crippen LogP contribution is 2.37. The molecule has 2 aromatic heterocycles. The lowest BCUT2D eigenvalue weighted by atomic mass is 10.6. The number of aromatic nitrogens is 6. The molecule has 0 amide bonds. The predicted octanol–water partition coefficient (Wildman–Crippen LogP) is 0.957. The van der Waals surface area contributed by atoms with Gasteiger partial charge in [-0.3, -0.25) is 0 Å². The van der Waals surface area contributed by atoms with Crippen molar-refractivity contribution in [3.63, 3.8) is 0 Å². The molecule has 0 aliphatic heterocycles. The third-order valence-corrected chi connectivity index (χ3v) is 3.98. The maximum atomic E-state index is 5.40. The summed E-state index contributed by atoms with van der Waals surface area (Å²) in [5.74, 6) is 5.98. The molecule has 19 heavy (non-hydrogen) atoms. The third kappa shape index (κ3) is 2.80. The van der Waals surface area contributed by atoms with Crippen molar-refractivity contribution >= 4 is 29.3 Å². The van der Waals surface area contributed by atoms with Crippen molar-refractivity contribution in [1.82, 2.24) is 30.2 Å². The van der Waals surface area contributed by atoms with Gasteiger partial charge in [0, 0.05) is 6.07 Å². The summed E-state index contributed by atoms with van der Waals surface area (Å²) in [7, 11) is 0. The Kier molecular flexibility index (Phi) is 3.53. The number of thioether (sulfide) groups is 1. The maximum absolute atomic E-state index is 5.40. The molecule has 0 spiro atoms. The number of hydrogen-bond donors (Lipinski definition) is 2. The number of anilines is 1. The monoisotopic (exact) mass is 296 g/mol. The van der Waals surface area contributed by atoms with Crippen LogP contribution in [0.4, 0.5) is 5.82 Å². The molecule has 1 aliphatic carbocycles. The minimum Gasteiger partial charge on any atom is -0.308 e. The van der Waals surface area contributed by atoms with Crippen molar-refractivity contribution < 1.29 is 0 Å². The predicted molar refractivity (Wildman–Crippen MR) is 71.8 cm³/mol. The van der Waals surface area contributed by atoms with Gasteiger partial charge in [-0.05, 0) is 41.3 Å². The first-order chi connectivity index (χ1) is 9.30. The molecule has 8 nitrogen and oxygen atoms in total. The van der Waals surface area contributed by atoms with Crippen molar-refractivity contribution in [3.05, 3.63) is 6.07 Å². The van der Waals surface area contributed by atoms with Gasteiger partial charge in [-0.25, -0.2) is 20.5 Å². The molecule has 2 aromatic rings. The molecule has 3 N–H and O–H groups in total. The number of hydrogen-bond acceptors (Lipinski definition) is 9. The van der Waals surface area contributed by atoms with Gasteiger partial charge in [-0.1, -0.05) is 11.8 Å². The van der Waals surface area contributed by atoms with E-state index in [-0.39, 0.29) is 0 Å². The van der Waals surface area contributed by atoms with Crippen molar-refractivity contribution in [2.75, 3.05) is 11.7 Å². The normalized spacial score (nSPS) is 14.6. The van der Waals surface area contributed by atoms with E-state index in [2.05, 4.69) is 30.9 Å². The Bertz CT molecular complexity index is 559. The van der Waals surface area contributed by atoms with Crippen LogP contribution in [0.15, 0.2) is 21.4 Å². The average Bonchev–Trinajstić information content (AvgIpc) is 3.19. The molecule has 100 valence electrons. The number of tetrazole rings is 1. The van der Waals surface area contributed by atoms with Gasteiger partial charge in [0.2, 0.25) is 5.16 Å². The first-order valence-electron chi connectivity index (χ1n) is 5.65. The van der Waals surface area contributed by atoms with Crippen LogP contribution in [0.25, 0.3) is 0 Å². The van der Waals surface area contributed by atoms with E-state index in [1.807, 2.05) is 10.9 Å². The summed E-state index contributed by atoms with van der Waals surface area (Å²) in [4.78, 5) is 8.62. The fourth-order valence-electron chi connectivity index (χ4n) is 1.52. The Morgan fingerprint density at radius 2 is 2.26 bits per heavy atom. The second kappa shape index (κ2) is 5.31. The van der Waals surface area contributed by atoms with E-state index in [0.29, 0.717) is 17.0 Å². The highest BCUT2D eigenvalue weighted by atomic mass is 32.2. The van der Waals surface area contributed by atoms with Crippen LogP contribution < -0.4 is 11.3 Å². The van der Waals surface area contributed by atoms with Gasteiger partial charge in [-0.2, -0.15) is 0 Å². The van der Waals surface area contributed by atoms with E-state index in [1.54, 1.807) is 6.07 Å². The quantitative estimate of drug-likeness (QED) is 0.274. The number of nitrogens with two attached hydrogens (primary N) is 1. The smallest absolute Gasteiger partial charge is 0.215 e. The molecular weight excluding hydrogens is 284 g/mol. The van der Waals surface area contributed by atoms with Gasteiger partial charge in [-0.15, -0.1) is 5.10 Å². The minimum atomic E-state index is 0.437. The van der Waals surface area contributed by atoms with Crippen molar-refractivity contribution in [1.29, 1.82) is 0 Å². The summed E-state index contributed by atoms with van der Waals surface area (Å²) >= 11 is 2.87. The van der Waals surface area contributed by atoms with E-state index in [0.717, 1.165) is 23.0 Å². The Hall–Kier alpha value is -1.39. The summed E-state index contributed by atoms with van der Waals surface area (Å²) in [6.45, 7) is 0. The molecular formula is C9H12N8S2. The Balaban J connectivity index is 1.87. The fourth-order valence-corrected chi connectivity index (χ4v) is 2.80. The molecule has 0 atom stereocenters. The maximum Gasteiger partial charge on any atom is 0.215 e. The van der Waals surface area contributed by atoms with E-state index in [1.165, 1.54) is 23.5 Å². The van der Waals surface area contributed by atoms with Gasteiger partial charge in [0.05, 0.1) is 6.04 Å². The zero-order valence-electron chi connectivity index (χ0n) is 10.1. The van der Waals surface area contributed by atoms with Gasteiger partial charge in [0.15, 0.2) is 5.16 Å². The zero-order chi connectivity index (χ0) is 13.2. The van der Waals surface area contributed by atoms with E-state index >= 15 is 0 Å². The lowest BCUT2D eigenvalue weighted by molar-refractivity contribution is 0.565. The van der Waals surface area contributed by atoms with Crippen LogP contribution >= 0.6 is 23.5 Å². The summed E-state index contributed by atoms with van der Waals surface area (Å²) in [6, 6.07) is 2.21. The first kappa shape index (κ1) is 12.6. The lowest BCUT2D eigenvalue weighted by Crippen LogP contribution is -2.09. The molecule has 0 unspecified atom stereocenters. The standard InChI is InChI=1S/C9H12N8S2/c1-18-8-11-6(13-10)4-7(12-8)19-9-14-15-16-17(9)5-2-3-5/h4-5H,2-3,10H2,1H3,(H,11,12,13). The topological polar surface area (TPSA) is 107 Å². The fraction of sp³-hybridized carbons (Fsp3) is 0.444. The highest BCUT2D eigenvalue weighted by molar-refractivity contribution is 7.99. The van der Waals surface area contributed by atoms with Crippen molar-refractivity contribution in [2.24, 2.45) is 5.84 Å². The molecule has 10 heteroatoms. The third-order valence-electron chi connectivity index (χ3n) is 2.56. The van der Waals surface area contributed by atoms with Gasteiger partial charge >= 0.3 is 0 Å². The Morgan fingerprint density at radius 3 is 2.95 bits per heavy atom. The van der Waals surface area contributed by atoms with Crippen LogP contribution in [0, 0.1) is 0 Å². The molecule has 0 radical (unpaired) electrons. The lowest BCUT2D eigenvalue weighted by Gasteiger charge is -2.05. The molecule has 0 aromatic carbocycles. The van der Waals surface area contributed by atoms with Crippen molar-refractivity contribution in [2.45, 2.75) is 34.2 Å². The Morgan fingerprint density at radius 1 is 1.42 bits per heavy atom. The number of nitrogen functional groups attached to an aromatic ring is 1. The number of rotatable bonds is 5. The van der Waals surface area contributed by atoms with Crippen LogP contribution in [-0.2, 0) is 0 Å². The highest BCUT2D eigenvalue weighted by Gasteiger charge is 2.28. The molecule has 0 bridgehead atoms. The molecule has 1 fully saturated rings. The average molecular weight is 296 g/mol. The number of hydrazine groups is 1. The molecule has 1 saturated carbocycles. The van der Waals surface area contributed by atoms with E-state index in [4.69, 9.17) is 5.84 Å². The molecule has 2 heterocycles. The van der Waals surface area contributed by atoms with Crippen LogP contribution in [0.2, 0.25) is 0 Å². The SMILES string of the molecule is CSc1nc(NN)cc(Sc2nnnn2C2CC2)n1.